The molecule has 2 aromatic heterocycles. The first-order chi connectivity index (χ1) is 12.2. The second-order valence-corrected chi connectivity index (χ2v) is 6.73. The number of carbonyl (C=O) groups excluding carboxylic acids is 1. The van der Waals surface area contributed by atoms with Crippen LogP contribution in [0.25, 0.3) is 0 Å². The van der Waals surface area contributed by atoms with Gasteiger partial charge >= 0.3 is 0 Å². The Morgan fingerprint density at radius 1 is 1.22 bits per heavy atom. The summed E-state index contributed by atoms with van der Waals surface area (Å²) in [4.78, 5) is 29.1. The average molecular weight is 413 g/mol. The fourth-order valence-electron chi connectivity index (χ4n) is 3.81. The molecular weight excluding hydrogens is 387 g/mol. The molecule has 1 amide bonds. The highest BCUT2D eigenvalue weighted by atomic mass is 35.5. The van der Waals surface area contributed by atoms with Gasteiger partial charge < -0.3 is 20.1 Å². The third-order valence-corrected chi connectivity index (χ3v) is 5.13. The van der Waals surface area contributed by atoms with Gasteiger partial charge in [0.15, 0.2) is 0 Å². The number of nitrogens with one attached hydrogen (secondary N) is 2. The molecule has 2 aromatic rings. The molecule has 7 nitrogen and oxygen atoms in total. The van der Waals surface area contributed by atoms with Crippen molar-refractivity contribution in [2.45, 2.75) is 25.8 Å². The van der Waals surface area contributed by atoms with Gasteiger partial charge in [0.1, 0.15) is 6.04 Å². The van der Waals surface area contributed by atoms with Gasteiger partial charge in [-0.05, 0) is 25.0 Å². The summed E-state index contributed by atoms with van der Waals surface area (Å²) in [5.41, 5.74) is 4.34. The van der Waals surface area contributed by atoms with Crippen LogP contribution in [0.1, 0.15) is 29.4 Å². The maximum absolute atomic E-state index is 13.1. The number of rotatable bonds is 2. The first kappa shape index (κ1) is 21.5. The molecule has 1 unspecified atom stereocenters. The van der Waals surface area contributed by atoms with Crippen LogP contribution in [-0.2, 0) is 11.2 Å². The van der Waals surface area contributed by atoms with E-state index in [1.165, 1.54) is 11.3 Å². The molecule has 0 aliphatic carbocycles. The van der Waals surface area contributed by atoms with Crippen LogP contribution in [0, 0.1) is 6.92 Å². The summed E-state index contributed by atoms with van der Waals surface area (Å²) in [5, 5.41) is 3.34. The summed E-state index contributed by atoms with van der Waals surface area (Å²) in [6.07, 6.45) is 7.28. The number of imidazole rings is 1. The van der Waals surface area contributed by atoms with Crippen molar-refractivity contribution in [3.05, 3.63) is 41.7 Å². The molecule has 2 aliphatic rings. The lowest BCUT2D eigenvalue weighted by Crippen LogP contribution is -2.45. The Balaban J connectivity index is 0.00000131. The Kier molecular flexibility index (Phi) is 7.47. The van der Waals surface area contributed by atoms with Crippen molar-refractivity contribution >= 4 is 36.4 Å². The molecular formula is C18H26Cl2N6O. The van der Waals surface area contributed by atoms with Crippen molar-refractivity contribution in [1.82, 2.24) is 25.2 Å². The number of H-pyrrole nitrogens is 1. The molecule has 0 bridgehead atoms. The zero-order chi connectivity index (χ0) is 17.2. The highest BCUT2D eigenvalue weighted by Gasteiger charge is 2.32. The summed E-state index contributed by atoms with van der Waals surface area (Å²) in [7, 11) is 0. The van der Waals surface area contributed by atoms with E-state index in [4.69, 9.17) is 0 Å². The molecule has 0 radical (unpaired) electrons. The lowest BCUT2D eigenvalue weighted by Gasteiger charge is -2.29. The minimum atomic E-state index is -0.316. The Morgan fingerprint density at radius 3 is 2.89 bits per heavy atom. The quantitative estimate of drug-likeness (QED) is 0.787. The van der Waals surface area contributed by atoms with E-state index in [0.717, 1.165) is 57.0 Å². The molecule has 4 rings (SSSR count). The van der Waals surface area contributed by atoms with Crippen molar-refractivity contribution in [1.29, 1.82) is 0 Å². The first-order valence-corrected chi connectivity index (χ1v) is 8.94. The van der Waals surface area contributed by atoms with Crippen LogP contribution < -0.4 is 10.2 Å². The third-order valence-electron chi connectivity index (χ3n) is 5.13. The number of carbonyl (C=O) groups is 1. The molecule has 2 aliphatic heterocycles. The van der Waals surface area contributed by atoms with Gasteiger partial charge in [-0.1, -0.05) is 0 Å². The Labute approximate surface area is 171 Å². The Hall–Kier alpha value is -1.83. The minimum absolute atomic E-state index is 0. The SMILES string of the molecule is Cc1cnccc1N1CCCN(C(=O)C2NCCc3[nH]cnc32)CC1.Cl.Cl. The molecule has 0 saturated carbocycles. The lowest BCUT2D eigenvalue weighted by molar-refractivity contribution is -0.133. The van der Waals surface area contributed by atoms with Gasteiger partial charge in [-0.15, -0.1) is 24.8 Å². The van der Waals surface area contributed by atoms with E-state index < -0.39 is 0 Å². The highest BCUT2D eigenvalue weighted by molar-refractivity contribution is 5.85. The minimum Gasteiger partial charge on any atom is -0.369 e. The van der Waals surface area contributed by atoms with E-state index in [-0.39, 0.29) is 36.8 Å². The van der Waals surface area contributed by atoms with Crippen LogP contribution in [0.4, 0.5) is 5.69 Å². The van der Waals surface area contributed by atoms with E-state index in [9.17, 15) is 4.79 Å². The third kappa shape index (κ3) is 4.36. The number of amides is 1. The van der Waals surface area contributed by atoms with Crippen LogP contribution >= 0.6 is 24.8 Å². The van der Waals surface area contributed by atoms with Gasteiger partial charge in [-0.25, -0.2) is 4.98 Å². The monoisotopic (exact) mass is 412 g/mol. The summed E-state index contributed by atoms with van der Waals surface area (Å²) >= 11 is 0. The van der Waals surface area contributed by atoms with Gasteiger partial charge in [-0.3, -0.25) is 9.78 Å². The van der Waals surface area contributed by atoms with Crippen LogP contribution in [0.5, 0.6) is 0 Å². The number of anilines is 1. The van der Waals surface area contributed by atoms with Crippen molar-refractivity contribution < 1.29 is 4.79 Å². The fourth-order valence-corrected chi connectivity index (χ4v) is 3.81. The molecule has 27 heavy (non-hydrogen) atoms. The second kappa shape index (κ2) is 9.39. The van der Waals surface area contributed by atoms with E-state index in [1.807, 2.05) is 17.3 Å². The van der Waals surface area contributed by atoms with Gasteiger partial charge in [0.25, 0.3) is 0 Å². The zero-order valence-corrected chi connectivity index (χ0v) is 17.0. The summed E-state index contributed by atoms with van der Waals surface area (Å²) < 4.78 is 0. The van der Waals surface area contributed by atoms with Crippen LogP contribution in [0.2, 0.25) is 0 Å². The molecule has 9 heteroatoms. The van der Waals surface area contributed by atoms with Gasteiger partial charge in [0.05, 0.1) is 12.0 Å². The number of halogens is 2. The van der Waals surface area contributed by atoms with Gasteiger partial charge in [-0.2, -0.15) is 0 Å². The highest BCUT2D eigenvalue weighted by Crippen LogP contribution is 2.24. The predicted octanol–water partition coefficient (Wildman–Crippen LogP) is 1.88. The van der Waals surface area contributed by atoms with E-state index in [0.29, 0.717) is 0 Å². The molecule has 0 aromatic carbocycles. The molecule has 1 saturated heterocycles. The zero-order valence-electron chi connectivity index (χ0n) is 15.4. The van der Waals surface area contributed by atoms with E-state index in [2.05, 4.69) is 38.2 Å². The van der Waals surface area contributed by atoms with E-state index >= 15 is 0 Å². The largest absolute Gasteiger partial charge is 0.369 e. The number of aromatic amines is 1. The van der Waals surface area contributed by atoms with Crippen LogP contribution in [0.3, 0.4) is 0 Å². The van der Waals surface area contributed by atoms with Gasteiger partial charge in [0, 0.05) is 62.9 Å². The number of aromatic nitrogens is 3. The first-order valence-electron chi connectivity index (χ1n) is 8.94. The number of aryl methyl sites for hydroxylation is 1. The van der Waals surface area contributed by atoms with Crippen molar-refractivity contribution in [3.8, 4) is 0 Å². The summed E-state index contributed by atoms with van der Waals surface area (Å²) in [6.45, 7) is 6.22. The fraction of sp³-hybridized carbons (Fsp3) is 0.500. The Morgan fingerprint density at radius 2 is 2.07 bits per heavy atom. The van der Waals surface area contributed by atoms with Crippen molar-refractivity contribution in [2.24, 2.45) is 0 Å². The number of nitrogens with zero attached hydrogens (tertiary/aromatic N) is 4. The molecule has 1 atom stereocenters. The smallest absolute Gasteiger partial charge is 0.246 e. The number of hydrogen-bond donors (Lipinski definition) is 2. The Bertz CT molecular complexity index is 768. The van der Waals surface area contributed by atoms with E-state index in [1.54, 1.807) is 6.33 Å². The van der Waals surface area contributed by atoms with Crippen molar-refractivity contribution in [2.75, 3.05) is 37.6 Å². The van der Waals surface area contributed by atoms with Crippen LogP contribution in [0.15, 0.2) is 24.8 Å². The average Bonchev–Trinajstić information content (AvgIpc) is 2.98. The van der Waals surface area contributed by atoms with Crippen LogP contribution in [-0.4, -0.2) is 58.5 Å². The normalized spacial score (nSPS) is 19.4. The molecule has 0 spiro atoms. The molecule has 1 fully saturated rings. The van der Waals surface area contributed by atoms with Crippen molar-refractivity contribution in [3.63, 3.8) is 0 Å². The second-order valence-electron chi connectivity index (χ2n) is 6.73. The maximum atomic E-state index is 13.1. The summed E-state index contributed by atoms with van der Waals surface area (Å²) in [5.74, 6) is 0.140. The summed E-state index contributed by atoms with van der Waals surface area (Å²) in [6, 6.07) is 1.75. The maximum Gasteiger partial charge on any atom is 0.246 e. The molecule has 148 valence electrons. The molecule has 2 N–H and O–H groups in total. The molecule has 4 heterocycles. The number of hydrogen-bond acceptors (Lipinski definition) is 5. The number of pyridine rings is 1. The topological polar surface area (TPSA) is 77.2 Å². The standard InChI is InChI=1S/C18H24N6O.2ClH/c1-13-11-19-5-4-15(13)23-7-2-8-24(10-9-23)18(25)17-16-14(3-6-20-17)21-12-22-16;;/h4-5,11-12,17,20H,2-3,6-10H2,1H3,(H,21,22);2*1H. The van der Waals surface area contributed by atoms with Gasteiger partial charge in [0.2, 0.25) is 5.91 Å². The predicted molar refractivity (Wildman–Crippen MR) is 110 cm³/mol. The number of fused-ring (bicyclic) bond motifs is 1. The lowest BCUT2D eigenvalue weighted by atomic mass is 10.0.